The molecule has 1 fully saturated rings. The van der Waals surface area contributed by atoms with Crippen LogP contribution in [0.1, 0.15) is 12.0 Å². The predicted molar refractivity (Wildman–Crippen MR) is 123 cm³/mol. The first-order chi connectivity index (χ1) is 13.3. The molecule has 2 amide bonds. The second-order valence-corrected chi connectivity index (χ2v) is 9.51. The molecule has 0 unspecified atom stereocenters. The number of hydrogen-bond donors (Lipinski definition) is 1. The van der Waals surface area contributed by atoms with E-state index in [1.165, 1.54) is 16.7 Å². The molecule has 1 aliphatic rings. The second kappa shape index (κ2) is 8.98. The van der Waals surface area contributed by atoms with Crippen LogP contribution in [-0.2, 0) is 9.59 Å². The fraction of sp³-hybridized carbons (Fsp3) is 0.211. The van der Waals surface area contributed by atoms with E-state index in [0.717, 1.165) is 14.5 Å². The Morgan fingerprint density at radius 2 is 2.07 bits per heavy atom. The summed E-state index contributed by atoms with van der Waals surface area (Å²) < 4.78 is 1.66. The molecule has 0 bridgehead atoms. The van der Waals surface area contributed by atoms with Gasteiger partial charge in [-0.25, -0.2) is 4.99 Å². The maximum Gasteiger partial charge on any atom is 0.242 e. The van der Waals surface area contributed by atoms with Gasteiger partial charge in [-0.2, -0.15) is 0 Å². The van der Waals surface area contributed by atoms with Crippen molar-refractivity contribution in [2.75, 3.05) is 12.4 Å². The lowest BCUT2D eigenvalue weighted by atomic mass is 10.2. The molecule has 1 N–H and O–H groups in total. The smallest absolute Gasteiger partial charge is 0.242 e. The van der Waals surface area contributed by atoms with Crippen LogP contribution < -0.4 is 5.32 Å². The lowest BCUT2D eigenvalue weighted by molar-refractivity contribution is -0.127. The molecule has 0 saturated carbocycles. The van der Waals surface area contributed by atoms with Crippen molar-refractivity contribution >= 4 is 83.6 Å². The second-order valence-electron chi connectivity index (χ2n) is 6.16. The van der Waals surface area contributed by atoms with E-state index in [9.17, 15) is 9.59 Å². The van der Waals surface area contributed by atoms with E-state index in [2.05, 4.69) is 42.2 Å². The molecule has 3 rings (SSSR count). The third-order valence-electron chi connectivity index (χ3n) is 4.17. The average Bonchev–Trinajstić information content (AvgIpc) is 2.89. The number of anilines is 1. The van der Waals surface area contributed by atoms with Gasteiger partial charge in [0.1, 0.15) is 5.25 Å². The summed E-state index contributed by atoms with van der Waals surface area (Å²) in [6.07, 6.45) is 0.0594. The average molecular weight is 546 g/mol. The first-order valence-electron chi connectivity index (χ1n) is 8.29. The lowest BCUT2D eigenvalue weighted by Crippen LogP contribution is -2.30. The summed E-state index contributed by atoms with van der Waals surface area (Å²) in [4.78, 5) is 31.1. The van der Waals surface area contributed by atoms with Crippen LogP contribution >= 0.6 is 55.2 Å². The first-order valence-corrected chi connectivity index (χ1v) is 11.1. The maximum absolute atomic E-state index is 12.6. The van der Waals surface area contributed by atoms with Crippen LogP contribution in [0.4, 0.5) is 11.4 Å². The van der Waals surface area contributed by atoms with Crippen LogP contribution in [0, 0.1) is 6.92 Å². The van der Waals surface area contributed by atoms with E-state index in [1.54, 1.807) is 19.2 Å². The maximum atomic E-state index is 12.6. The van der Waals surface area contributed by atoms with Gasteiger partial charge in [0.15, 0.2) is 5.17 Å². The molecule has 1 atom stereocenters. The molecule has 5 nitrogen and oxygen atoms in total. The first kappa shape index (κ1) is 21.4. The van der Waals surface area contributed by atoms with E-state index < -0.39 is 5.25 Å². The number of nitrogens with zero attached hydrogens (tertiary/aromatic N) is 2. The van der Waals surface area contributed by atoms with E-state index in [4.69, 9.17) is 11.6 Å². The number of hydrogen-bond acceptors (Lipinski definition) is 4. The number of nitrogens with one attached hydrogen (secondary N) is 1. The number of thioether (sulfide) groups is 1. The SMILES string of the molecule is Cc1c(Cl)cccc1N=C1S[C@H](CC(=O)Nc2ccc(Br)cc2Br)C(=O)N1C. The van der Waals surface area contributed by atoms with Gasteiger partial charge in [0, 0.05) is 27.4 Å². The summed E-state index contributed by atoms with van der Waals surface area (Å²) in [5, 5.41) is 3.49. The molecule has 1 heterocycles. The minimum atomic E-state index is -0.516. The van der Waals surface area contributed by atoms with Crippen molar-refractivity contribution in [2.45, 2.75) is 18.6 Å². The van der Waals surface area contributed by atoms with Crippen molar-refractivity contribution < 1.29 is 9.59 Å². The molecular weight excluding hydrogens is 530 g/mol. The summed E-state index contributed by atoms with van der Waals surface area (Å²) in [6, 6.07) is 10.9. The highest BCUT2D eigenvalue weighted by molar-refractivity contribution is 9.11. The number of rotatable bonds is 4. The Morgan fingerprint density at radius 1 is 1.32 bits per heavy atom. The fourth-order valence-electron chi connectivity index (χ4n) is 2.58. The van der Waals surface area contributed by atoms with Crippen molar-refractivity contribution in [2.24, 2.45) is 4.99 Å². The van der Waals surface area contributed by atoms with Gasteiger partial charge in [-0.1, -0.05) is 45.4 Å². The Hall–Kier alpha value is -1.35. The van der Waals surface area contributed by atoms with Gasteiger partial charge >= 0.3 is 0 Å². The third kappa shape index (κ3) is 4.79. The number of amides is 2. The van der Waals surface area contributed by atoms with Crippen LogP contribution in [-0.4, -0.2) is 34.2 Å². The Bertz CT molecular complexity index is 984. The summed E-state index contributed by atoms with van der Waals surface area (Å²) in [5.74, 6) is -0.379. The molecule has 1 saturated heterocycles. The molecule has 1 aliphatic heterocycles. The van der Waals surface area contributed by atoms with Crippen LogP contribution in [0.5, 0.6) is 0 Å². The monoisotopic (exact) mass is 543 g/mol. The minimum Gasteiger partial charge on any atom is -0.325 e. The molecule has 28 heavy (non-hydrogen) atoms. The molecule has 2 aromatic carbocycles. The van der Waals surface area contributed by atoms with Crippen LogP contribution in [0.25, 0.3) is 0 Å². The fourth-order valence-corrected chi connectivity index (χ4v) is 5.04. The molecule has 0 aliphatic carbocycles. The summed E-state index contributed by atoms with van der Waals surface area (Å²) in [5.41, 5.74) is 2.21. The normalized spacial score (nSPS) is 18.0. The highest BCUT2D eigenvalue weighted by atomic mass is 79.9. The molecule has 2 aromatic rings. The number of aliphatic imine (C=N–C) groups is 1. The minimum absolute atomic E-state index is 0.0594. The topological polar surface area (TPSA) is 61.8 Å². The van der Waals surface area contributed by atoms with Gasteiger partial charge in [-0.05, 0) is 58.7 Å². The van der Waals surface area contributed by atoms with E-state index in [1.807, 2.05) is 31.2 Å². The zero-order chi connectivity index (χ0) is 20.4. The lowest BCUT2D eigenvalue weighted by Gasteiger charge is -2.10. The van der Waals surface area contributed by atoms with Gasteiger partial charge in [0.25, 0.3) is 0 Å². The van der Waals surface area contributed by atoms with Crippen molar-refractivity contribution in [1.29, 1.82) is 0 Å². The predicted octanol–water partition coefficient (Wildman–Crippen LogP) is 5.76. The zero-order valence-corrected chi connectivity index (χ0v) is 19.7. The van der Waals surface area contributed by atoms with Crippen LogP contribution in [0.15, 0.2) is 50.3 Å². The zero-order valence-electron chi connectivity index (χ0n) is 15.0. The molecular formula is C19H16Br2ClN3O2S. The van der Waals surface area contributed by atoms with E-state index in [-0.39, 0.29) is 18.2 Å². The Kier molecular flexibility index (Phi) is 6.85. The van der Waals surface area contributed by atoms with Gasteiger partial charge in [0.2, 0.25) is 11.8 Å². The summed E-state index contributed by atoms with van der Waals surface area (Å²) in [7, 11) is 1.66. The summed E-state index contributed by atoms with van der Waals surface area (Å²) in [6.45, 7) is 1.88. The Balaban J connectivity index is 1.72. The third-order valence-corrected chi connectivity index (χ3v) is 6.96. The number of amidine groups is 1. The van der Waals surface area contributed by atoms with Gasteiger partial charge in [-0.3, -0.25) is 14.5 Å². The standard InChI is InChI=1S/C19H16Br2ClN3O2S/c1-10-13(22)4-3-5-14(10)24-19-25(2)18(27)16(28-19)9-17(26)23-15-7-6-11(20)8-12(15)21/h3-8,16H,9H2,1-2H3,(H,23,26)/t16-/m1/s1. The Morgan fingerprint density at radius 3 is 2.79 bits per heavy atom. The molecule has 0 aromatic heterocycles. The largest absolute Gasteiger partial charge is 0.325 e. The van der Waals surface area contributed by atoms with Gasteiger partial charge in [-0.15, -0.1) is 0 Å². The molecule has 146 valence electrons. The van der Waals surface area contributed by atoms with Gasteiger partial charge < -0.3 is 5.32 Å². The number of halogens is 3. The van der Waals surface area contributed by atoms with E-state index >= 15 is 0 Å². The van der Waals surface area contributed by atoms with Crippen molar-refractivity contribution in [3.05, 3.63) is 55.9 Å². The number of benzene rings is 2. The van der Waals surface area contributed by atoms with Crippen molar-refractivity contribution in [1.82, 2.24) is 4.90 Å². The highest BCUT2D eigenvalue weighted by Crippen LogP contribution is 2.33. The van der Waals surface area contributed by atoms with Gasteiger partial charge in [0.05, 0.1) is 11.4 Å². The quantitative estimate of drug-likeness (QED) is 0.531. The number of carbonyl (C=O) groups is 2. The highest BCUT2D eigenvalue weighted by Gasteiger charge is 2.37. The Labute approximate surface area is 189 Å². The van der Waals surface area contributed by atoms with Crippen LogP contribution in [0.3, 0.4) is 0 Å². The molecule has 0 radical (unpaired) electrons. The molecule has 9 heteroatoms. The van der Waals surface area contributed by atoms with Crippen molar-refractivity contribution in [3.8, 4) is 0 Å². The molecule has 0 spiro atoms. The van der Waals surface area contributed by atoms with Crippen molar-refractivity contribution in [3.63, 3.8) is 0 Å². The summed E-state index contributed by atoms with van der Waals surface area (Å²) >= 11 is 14.2. The van der Waals surface area contributed by atoms with Crippen LogP contribution in [0.2, 0.25) is 5.02 Å². The number of carbonyl (C=O) groups excluding carboxylic acids is 2. The van der Waals surface area contributed by atoms with E-state index in [0.29, 0.717) is 21.6 Å².